The maximum absolute atomic E-state index is 13.0. The molecule has 1 aromatic carbocycles. The Hall–Kier alpha value is -1.69. The van der Waals surface area contributed by atoms with Gasteiger partial charge in [-0.1, -0.05) is 23.7 Å². The van der Waals surface area contributed by atoms with Crippen LogP contribution >= 0.6 is 11.6 Å². The van der Waals surface area contributed by atoms with Crippen LogP contribution in [0.5, 0.6) is 0 Å². The number of anilines is 1. The Labute approximate surface area is 115 Å². The van der Waals surface area contributed by atoms with Gasteiger partial charge in [-0.05, 0) is 30.2 Å². The van der Waals surface area contributed by atoms with Gasteiger partial charge in [0.2, 0.25) is 0 Å². The summed E-state index contributed by atoms with van der Waals surface area (Å²) in [6.07, 6.45) is 2.10. The zero-order valence-corrected chi connectivity index (χ0v) is 10.9. The molecule has 0 radical (unpaired) electrons. The Balaban J connectivity index is 2.27. The second-order valence-corrected chi connectivity index (χ2v) is 4.54. The molecule has 2 aromatic rings. The fourth-order valence-electron chi connectivity index (χ4n) is 1.89. The van der Waals surface area contributed by atoms with Gasteiger partial charge >= 0.3 is 0 Å². The summed E-state index contributed by atoms with van der Waals surface area (Å²) in [6.45, 7) is 0. The van der Waals surface area contributed by atoms with Crippen LogP contribution in [0, 0.1) is 5.82 Å². The van der Waals surface area contributed by atoms with E-state index in [2.05, 4.69) is 10.4 Å². The lowest BCUT2D eigenvalue weighted by Crippen LogP contribution is -2.30. The summed E-state index contributed by atoms with van der Waals surface area (Å²) in [5, 5.41) is 0.364. The van der Waals surface area contributed by atoms with Crippen molar-refractivity contribution in [2.24, 2.45) is 5.84 Å². The van der Waals surface area contributed by atoms with E-state index >= 15 is 0 Å². The number of nitrogen functional groups attached to an aromatic ring is 1. The van der Waals surface area contributed by atoms with Gasteiger partial charge in [0.25, 0.3) is 0 Å². The van der Waals surface area contributed by atoms with Gasteiger partial charge in [-0.25, -0.2) is 9.37 Å². The molecular weight excluding hydrogens is 267 g/mol. The van der Waals surface area contributed by atoms with Crippen molar-refractivity contribution in [1.29, 1.82) is 0 Å². The highest BCUT2D eigenvalue weighted by Gasteiger charge is 2.15. The van der Waals surface area contributed by atoms with E-state index in [9.17, 15) is 4.39 Å². The second kappa shape index (κ2) is 5.97. The molecule has 1 atom stereocenters. The van der Waals surface area contributed by atoms with Crippen molar-refractivity contribution in [3.8, 4) is 0 Å². The van der Waals surface area contributed by atoms with Crippen LogP contribution < -0.4 is 17.0 Å². The van der Waals surface area contributed by atoms with Gasteiger partial charge < -0.3 is 5.73 Å². The van der Waals surface area contributed by atoms with Crippen molar-refractivity contribution in [1.82, 2.24) is 10.4 Å². The van der Waals surface area contributed by atoms with Crippen molar-refractivity contribution in [3.05, 3.63) is 58.5 Å². The second-order valence-electron chi connectivity index (χ2n) is 4.14. The van der Waals surface area contributed by atoms with E-state index in [1.807, 2.05) is 6.07 Å². The molecule has 0 aliphatic carbocycles. The predicted molar refractivity (Wildman–Crippen MR) is 73.8 cm³/mol. The highest BCUT2D eigenvalue weighted by molar-refractivity contribution is 6.31. The van der Waals surface area contributed by atoms with Gasteiger partial charge in [0, 0.05) is 16.8 Å². The molecule has 6 heteroatoms. The van der Waals surface area contributed by atoms with E-state index in [-0.39, 0.29) is 11.9 Å². The number of hydrogen-bond donors (Lipinski definition) is 3. The molecule has 0 saturated carbocycles. The number of nitrogens with zero attached hydrogens (tertiary/aromatic N) is 1. The smallest absolute Gasteiger partial charge is 0.128 e. The normalized spacial score (nSPS) is 12.4. The Kier molecular flexibility index (Phi) is 4.31. The van der Waals surface area contributed by atoms with Crippen LogP contribution in [0.2, 0.25) is 5.02 Å². The Morgan fingerprint density at radius 1 is 1.37 bits per heavy atom. The number of nitrogens with one attached hydrogen (secondary N) is 1. The van der Waals surface area contributed by atoms with Crippen LogP contribution in [-0.2, 0) is 6.42 Å². The molecule has 4 nitrogen and oxygen atoms in total. The van der Waals surface area contributed by atoms with Crippen molar-refractivity contribution in [2.45, 2.75) is 12.5 Å². The van der Waals surface area contributed by atoms with Gasteiger partial charge in [-0.15, -0.1) is 0 Å². The zero-order valence-electron chi connectivity index (χ0n) is 10.1. The number of hydrazine groups is 1. The highest BCUT2D eigenvalue weighted by Crippen LogP contribution is 2.25. The third-order valence-electron chi connectivity index (χ3n) is 2.89. The fourth-order valence-corrected chi connectivity index (χ4v) is 2.13. The average molecular weight is 281 g/mol. The molecule has 19 heavy (non-hydrogen) atoms. The Morgan fingerprint density at radius 3 is 2.79 bits per heavy atom. The number of pyridine rings is 1. The standard InChI is InChI=1S/C13H14ClFN4/c14-11-7-9(15)4-3-8(11)6-12(19-17)10-2-1-5-18-13(10)16/h1-5,7,12,19H,6,17H2,(H2,16,18). The number of hydrogen-bond acceptors (Lipinski definition) is 4. The molecule has 0 fully saturated rings. The molecule has 1 aromatic heterocycles. The molecule has 0 bridgehead atoms. The Morgan fingerprint density at radius 2 is 2.16 bits per heavy atom. The molecule has 0 aliphatic rings. The molecule has 1 heterocycles. The van der Waals surface area contributed by atoms with E-state index in [0.29, 0.717) is 17.3 Å². The van der Waals surface area contributed by atoms with Crippen LogP contribution in [0.4, 0.5) is 10.2 Å². The number of benzene rings is 1. The summed E-state index contributed by atoms with van der Waals surface area (Å²) in [6, 6.07) is 7.65. The molecule has 2 rings (SSSR count). The monoisotopic (exact) mass is 280 g/mol. The van der Waals surface area contributed by atoms with Crippen molar-refractivity contribution >= 4 is 17.4 Å². The third kappa shape index (κ3) is 3.20. The SMILES string of the molecule is NNC(Cc1ccc(F)cc1Cl)c1cccnc1N. The van der Waals surface area contributed by atoms with Crippen LogP contribution in [-0.4, -0.2) is 4.98 Å². The third-order valence-corrected chi connectivity index (χ3v) is 3.24. The first-order chi connectivity index (χ1) is 9.11. The molecule has 100 valence electrons. The summed E-state index contributed by atoms with van der Waals surface area (Å²) in [5.74, 6) is 5.59. The number of rotatable bonds is 4. The van der Waals surface area contributed by atoms with Crippen molar-refractivity contribution in [3.63, 3.8) is 0 Å². The minimum atomic E-state index is -0.369. The molecule has 0 amide bonds. The van der Waals surface area contributed by atoms with Gasteiger partial charge in [-0.3, -0.25) is 11.3 Å². The molecule has 5 N–H and O–H groups in total. The largest absolute Gasteiger partial charge is 0.383 e. The predicted octanol–water partition coefficient (Wildman–Crippen LogP) is 2.20. The van der Waals surface area contributed by atoms with Gasteiger partial charge in [0.1, 0.15) is 11.6 Å². The molecule has 0 aliphatic heterocycles. The lowest BCUT2D eigenvalue weighted by molar-refractivity contribution is 0.551. The maximum Gasteiger partial charge on any atom is 0.128 e. The van der Waals surface area contributed by atoms with Gasteiger partial charge in [0.05, 0.1) is 6.04 Å². The summed E-state index contributed by atoms with van der Waals surface area (Å²) in [5.41, 5.74) is 10.1. The van der Waals surface area contributed by atoms with Gasteiger partial charge in [-0.2, -0.15) is 0 Å². The van der Waals surface area contributed by atoms with E-state index in [0.717, 1.165) is 11.1 Å². The van der Waals surface area contributed by atoms with Crippen LogP contribution in [0.15, 0.2) is 36.5 Å². The quantitative estimate of drug-likeness (QED) is 0.593. The molecule has 0 spiro atoms. The minimum absolute atomic E-state index is 0.239. The van der Waals surface area contributed by atoms with Crippen LogP contribution in [0.1, 0.15) is 17.2 Å². The van der Waals surface area contributed by atoms with Crippen molar-refractivity contribution in [2.75, 3.05) is 5.73 Å². The lowest BCUT2D eigenvalue weighted by Gasteiger charge is -2.18. The Bertz CT molecular complexity index is 576. The fraction of sp³-hybridized carbons (Fsp3) is 0.154. The van der Waals surface area contributed by atoms with Crippen LogP contribution in [0.3, 0.4) is 0 Å². The lowest BCUT2D eigenvalue weighted by atomic mass is 10.00. The van der Waals surface area contributed by atoms with E-state index in [4.69, 9.17) is 23.2 Å². The topological polar surface area (TPSA) is 77.0 Å². The molecular formula is C13H14ClFN4. The summed E-state index contributed by atoms with van der Waals surface area (Å²) in [7, 11) is 0. The number of halogens is 2. The zero-order chi connectivity index (χ0) is 13.8. The first-order valence-corrected chi connectivity index (χ1v) is 6.10. The minimum Gasteiger partial charge on any atom is -0.383 e. The summed E-state index contributed by atoms with van der Waals surface area (Å²) >= 11 is 6.00. The van der Waals surface area contributed by atoms with E-state index in [1.165, 1.54) is 12.1 Å². The highest BCUT2D eigenvalue weighted by atomic mass is 35.5. The van der Waals surface area contributed by atoms with Crippen LogP contribution in [0.25, 0.3) is 0 Å². The summed E-state index contributed by atoms with van der Waals surface area (Å²) < 4.78 is 13.0. The van der Waals surface area contributed by atoms with Crippen molar-refractivity contribution < 1.29 is 4.39 Å². The first kappa shape index (κ1) is 13.7. The van der Waals surface area contributed by atoms with E-state index < -0.39 is 0 Å². The first-order valence-electron chi connectivity index (χ1n) is 5.72. The number of aromatic nitrogens is 1. The van der Waals surface area contributed by atoms with Gasteiger partial charge in [0.15, 0.2) is 0 Å². The average Bonchev–Trinajstić information content (AvgIpc) is 2.39. The maximum atomic E-state index is 13.0. The number of nitrogens with two attached hydrogens (primary N) is 2. The molecule has 0 saturated heterocycles. The molecule has 1 unspecified atom stereocenters. The summed E-state index contributed by atoms with van der Waals surface area (Å²) in [4.78, 5) is 4.02. The van der Waals surface area contributed by atoms with E-state index in [1.54, 1.807) is 18.3 Å².